The van der Waals surface area contributed by atoms with Gasteiger partial charge in [-0.1, -0.05) is 54.6 Å². The molecule has 0 radical (unpaired) electrons. The van der Waals surface area contributed by atoms with E-state index in [4.69, 9.17) is 5.11 Å². The number of aromatic amines is 1. The van der Waals surface area contributed by atoms with Gasteiger partial charge in [-0.05, 0) is 42.3 Å². The molecule has 0 saturated heterocycles. The van der Waals surface area contributed by atoms with Gasteiger partial charge in [0.05, 0.1) is 22.6 Å². The molecule has 9 heteroatoms. The standard InChI is InChI=1S/C26H19N5O3S/c1-16-23(29-28-21-12-6-11-20(14-21)25(33)34)24(32)31(30-16)26-27-22(15-35-26)19-10-5-9-18(13-19)17-7-3-2-4-8-17/h2-15,30H,1H3,(H,33,34). The smallest absolute Gasteiger partial charge is 0.335 e. The highest BCUT2D eigenvalue weighted by molar-refractivity contribution is 7.12. The third kappa shape index (κ3) is 4.57. The maximum atomic E-state index is 13.0. The fraction of sp³-hybridized carbons (Fsp3) is 0.0385. The molecule has 3 aromatic carbocycles. The summed E-state index contributed by atoms with van der Waals surface area (Å²) in [7, 11) is 0. The monoisotopic (exact) mass is 481 g/mol. The van der Waals surface area contributed by atoms with Crippen molar-refractivity contribution >= 4 is 28.7 Å². The first-order valence-electron chi connectivity index (χ1n) is 10.7. The predicted molar refractivity (Wildman–Crippen MR) is 135 cm³/mol. The van der Waals surface area contributed by atoms with Crippen LogP contribution in [0, 0.1) is 6.92 Å². The Morgan fingerprint density at radius 2 is 1.69 bits per heavy atom. The van der Waals surface area contributed by atoms with Crippen LogP contribution in [0.25, 0.3) is 27.5 Å². The van der Waals surface area contributed by atoms with Crippen molar-refractivity contribution in [1.82, 2.24) is 14.8 Å². The SMILES string of the molecule is Cc1[nH]n(-c2nc(-c3cccc(-c4ccccc4)c3)cs2)c(=O)c1N=Nc1cccc(C(=O)O)c1. The third-order valence-electron chi connectivity index (χ3n) is 5.35. The van der Waals surface area contributed by atoms with Gasteiger partial charge in [0.25, 0.3) is 0 Å². The van der Waals surface area contributed by atoms with Crippen molar-refractivity contribution in [2.24, 2.45) is 10.2 Å². The van der Waals surface area contributed by atoms with Crippen molar-refractivity contribution in [3.8, 4) is 27.5 Å². The first-order valence-corrected chi connectivity index (χ1v) is 11.6. The number of H-pyrrole nitrogens is 1. The average molecular weight is 482 g/mol. The van der Waals surface area contributed by atoms with E-state index < -0.39 is 5.97 Å². The Morgan fingerprint density at radius 1 is 0.943 bits per heavy atom. The number of aryl methyl sites for hydroxylation is 1. The summed E-state index contributed by atoms with van der Waals surface area (Å²) in [5.74, 6) is -1.06. The van der Waals surface area contributed by atoms with Crippen LogP contribution in [0.5, 0.6) is 0 Å². The van der Waals surface area contributed by atoms with Crippen LogP contribution in [-0.4, -0.2) is 25.8 Å². The minimum absolute atomic E-state index is 0.0938. The molecule has 5 aromatic rings. The molecule has 35 heavy (non-hydrogen) atoms. The van der Waals surface area contributed by atoms with Gasteiger partial charge < -0.3 is 5.11 Å². The van der Waals surface area contributed by atoms with Crippen molar-refractivity contribution in [2.45, 2.75) is 6.92 Å². The number of carboxylic acids is 1. The lowest BCUT2D eigenvalue weighted by Gasteiger charge is -2.03. The highest BCUT2D eigenvalue weighted by atomic mass is 32.1. The number of thiazole rings is 1. The zero-order valence-corrected chi connectivity index (χ0v) is 19.4. The lowest BCUT2D eigenvalue weighted by molar-refractivity contribution is 0.0697. The van der Waals surface area contributed by atoms with Crippen LogP contribution in [0.1, 0.15) is 16.1 Å². The Morgan fingerprint density at radius 3 is 2.49 bits per heavy atom. The molecule has 8 nitrogen and oxygen atoms in total. The molecule has 0 aliphatic heterocycles. The fourth-order valence-electron chi connectivity index (χ4n) is 3.59. The number of azo groups is 1. The number of hydrogen-bond acceptors (Lipinski definition) is 6. The first kappa shape index (κ1) is 22.2. The highest BCUT2D eigenvalue weighted by Crippen LogP contribution is 2.28. The maximum Gasteiger partial charge on any atom is 0.335 e. The molecule has 2 heterocycles. The second kappa shape index (κ2) is 9.32. The molecule has 0 fully saturated rings. The molecule has 0 aliphatic carbocycles. The van der Waals surface area contributed by atoms with Gasteiger partial charge in [0.2, 0.25) is 5.13 Å². The van der Waals surface area contributed by atoms with E-state index >= 15 is 0 Å². The number of aromatic nitrogens is 3. The van der Waals surface area contributed by atoms with E-state index in [0.717, 1.165) is 22.4 Å². The van der Waals surface area contributed by atoms with Crippen LogP contribution in [0.2, 0.25) is 0 Å². The lowest BCUT2D eigenvalue weighted by Crippen LogP contribution is -2.13. The average Bonchev–Trinajstić information content (AvgIpc) is 3.48. The number of benzene rings is 3. The zero-order chi connectivity index (χ0) is 24.4. The van der Waals surface area contributed by atoms with E-state index in [9.17, 15) is 9.59 Å². The molecule has 0 aliphatic rings. The minimum atomic E-state index is -1.06. The molecular formula is C26H19N5O3S. The number of carboxylic acid groups (broad SMARTS) is 1. The molecule has 0 bridgehead atoms. The van der Waals surface area contributed by atoms with Crippen molar-refractivity contribution in [3.63, 3.8) is 0 Å². The Bertz CT molecular complexity index is 1620. The van der Waals surface area contributed by atoms with Gasteiger partial charge >= 0.3 is 11.5 Å². The third-order valence-corrected chi connectivity index (χ3v) is 6.17. The molecule has 5 rings (SSSR count). The summed E-state index contributed by atoms with van der Waals surface area (Å²) in [5, 5.41) is 22.6. The molecule has 0 saturated carbocycles. The van der Waals surface area contributed by atoms with Gasteiger partial charge in [-0.3, -0.25) is 9.89 Å². The maximum absolute atomic E-state index is 13.0. The summed E-state index contributed by atoms with van der Waals surface area (Å²) in [6.45, 7) is 1.72. The van der Waals surface area contributed by atoms with Gasteiger partial charge in [-0.2, -0.15) is 9.80 Å². The van der Waals surface area contributed by atoms with Crippen molar-refractivity contribution < 1.29 is 9.90 Å². The summed E-state index contributed by atoms with van der Waals surface area (Å²) in [6, 6.07) is 24.2. The summed E-state index contributed by atoms with van der Waals surface area (Å²) in [6.07, 6.45) is 0. The Kier molecular flexibility index (Phi) is 5.90. The summed E-state index contributed by atoms with van der Waals surface area (Å²) in [5.41, 5.74) is 4.61. The molecule has 172 valence electrons. The minimum Gasteiger partial charge on any atom is -0.478 e. The molecule has 0 atom stereocenters. The van der Waals surface area contributed by atoms with Gasteiger partial charge in [0.15, 0.2) is 5.69 Å². The van der Waals surface area contributed by atoms with E-state index in [1.807, 2.05) is 41.8 Å². The normalized spacial score (nSPS) is 11.2. The van der Waals surface area contributed by atoms with Crippen LogP contribution in [0.15, 0.2) is 99.3 Å². The number of rotatable bonds is 6. The number of carbonyl (C=O) groups is 1. The van der Waals surface area contributed by atoms with Crippen molar-refractivity contribution in [1.29, 1.82) is 0 Å². The molecule has 2 aromatic heterocycles. The van der Waals surface area contributed by atoms with E-state index in [1.54, 1.807) is 19.1 Å². The molecule has 0 amide bonds. The number of nitrogens with zero attached hydrogens (tertiary/aromatic N) is 4. The number of nitrogens with one attached hydrogen (secondary N) is 1. The van der Waals surface area contributed by atoms with Gasteiger partial charge in [0.1, 0.15) is 0 Å². The van der Waals surface area contributed by atoms with E-state index in [-0.39, 0.29) is 16.8 Å². The van der Waals surface area contributed by atoms with Crippen LogP contribution in [0.3, 0.4) is 0 Å². The predicted octanol–water partition coefficient (Wildman–Crippen LogP) is 6.38. The van der Waals surface area contributed by atoms with Crippen LogP contribution < -0.4 is 5.56 Å². The molecular weight excluding hydrogens is 462 g/mol. The number of hydrogen-bond donors (Lipinski definition) is 2. The number of aromatic carboxylic acids is 1. The van der Waals surface area contributed by atoms with Gasteiger partial charge in [-0.15, -0.1) is 16.5 Å². The first-order chi connectivity index (χ1) is 17.0. The summed E-state index contributed by atoms with van der Waals surface area (Å²) in [4.78, 5) is 28.8. The Balaban J connectivity index is 1.44. The second-order valence-corrected chi connectivity index (χ2v) is 8.58. The summed E-state index contributed by atoms with van der Waals surface area (Å²) < 4.78 is 1.34. The lowest BCUT2D eigenvalue weighted by atomic mass is 10.0. The van der Waals surface area contributed by atoms with Crippen LogP contribution >= 0.6 is 11.3 Å². The highest BCUT2D eigenvalue weighted by Gasteiger charge is 2.16. The van der Waals surface area contributed by atoms with Crippen LogP contribution in [-0.2, 0) is 0 Å². The van der Waals surface area contributed by atoms with E-state index in [1.165, 1.54) is 28.2 Å². The van der Waals surface area contributed by atoms with Crippen molar-refractivity contribution in [2.75, 3.05) is 0 Å². The fourth-order valence-corrected chi connectivity index (χ4v) is 4.38. The van der Waals surface area contributed by atoms with E-state index in [0.29, 0.717) is 16.5 Å². The largest absolute Gasteiger partial charge is 0.478 e. The molecule has 0 spiro atoms. The molecule has 0 unspecified atom stereocenters. The van der Waals surface area contributed by atoms with E-state index in [2.05, 4.69) is 38.5 Å². The topological polar surface area (TPSA) is 113 Å². The zero-order valence-electron chi connectivity index (χ0n) is 18.5. The Labute approximate surface area is 203 Å². The van der Waals surface area contributed by atoms with Gasteiger partial charge in [0, 0.05) is 10.9 Å². The Hall–Kier alpha value is -4.63. The second-order valence-electron chi connectivity index (χ2n) is 7.74. The quantitative estimate of drug-likeness (QED) is 0.274. The van der Waals surface area contributed by atoms with Gasteiger partial charge in [-0.25, -0.2) is 9.78 Å². The summed E-state index contributed by atoms with van der Waals surface area (Å²) >= 11 is 1.34. The van der Waals surface area contributed by atoms with Crippen molar-refractivity contribution in [3.05, 3.63) is 106 Å². The van der Waals surface area contributed by atoms with Crippen LogP contribution in [0.4, 0.5) is 11.4 Å². The molecule has 2 N–H and O–H groups in total.